The monoisotopic (exact) mass is 325 g/mol. The fourth-order valence-corrected chi connectivity index (χ4v) is 2.64. The van der Waals surface area contributed by atoms with Gasteiger partial charge in [-0.3, -0.25) is 9.69 Å². The van der Waals surface area contributed by atoms with Crippen LogP contribution in [0.25, 0.3) is 0 Å². The van der Waals surface area contributed by atoms with Crippen LogP contribution in [0.3, 0.4) is 0 Å². The third kappa shape index (κ3) is 4.60. The minimum Gasteiger partial charge on any atom is -0.491 e. The van der Waals surface area contributed by atoms with Gasteiger partial charge in [0.2, 0.25) is 5.91 Å². The summed E-state index contributed by atoms with van der Waals surface area (Å²) in [6.07, 6.45) is 0. The molecular weight excluding hydrogens is 302 g/mol. The molecular formula is C16H24ClN3O2. The molecule has 0 saturated carbocycles. The topological polar surface area (TPSA) is 58.8 Å². The van der Waals surface area contributed by atoms with Crippen molar-refractivity contribution >= 4 is 17.5 Å². The number of ether oxygens (including phenoxy) is 1. The van der Waals surface area contributed by atoms with E-state index < -0.39 is 0 Å². The van der Waals surface area contributed by atoms with Crippen LogP contribution in [0.2, 0.25) is 5.02 Å². The number of nitrogens with two attached hydrogens (primary N) is 1. The highest BCUT2D eigenvalue weighted by molar-refractivity contribution is 6.32. The molecule has 0 bridgehead atoms. The molecule has 1 atom stereocenters. The molecule has 2 rings (SSSR count). The Kier molecular flexibility index (Phi) is 6.49. The molecule has 2 N–H and O–H groups in total. The van der Waals surface area contributed by atoms with E-state index in [0.717, 1.165) is 38.5 Å². The second-order valence-corrected chi connectivity index (χ2v) is 5.99. The molecule has 5 nitrogen and oxygen atoms in total. The van der Waals surface area contributed by atoms with Crippen LogP contribution in [0.15, 0.2) is 24.3 Å². The van der Waals surface area contributed by atoms with Crippen molar-refractivity contribution in [2.24, 2.45) is 11.7 Å². The summed E-state index contributed by atoms with van der Waals surface area (Å²) in [5.74, 6) is 0.791. The Morgan fingerprint density at radius 1 is 1.32 bits per heavy atom. The van der Waals surface area contributed by atoms with Gasteiger partial charge < -0.3 is 15.4 Å². The number of rotatable bonds is 6. The number of piperazine rings is 1. The number of carbonyl (C=O) groups excluding carboxylic acids is 1. The predicted molar refractivity (Wildman–Crippen MR) is 88.2 cm³/mol. The first kappa shape index (κ1) is 17.1. The Labute approximate surface area is 137 Å². The molecule has 0 aromatic heterocycles. The number of halogens is 1. The van der Waals surface area contributed by atoms with E-state index in [1.807, 2.05) is 36.1 Å². The van der Waals surface area contributed by atoms with Gasteiger partial charge in [-0.1, -0.05) is 30.7 Å². The zero-order valence-electron chi connectivity index (χ0n) is 13.0. The lowest BCUT2D eigenvalue weighted by atomic mass is 10.1. The molecule has 1 fully saturated rings. The molecule has 0 radical (unpaired) electrons. The lowest BCUT2D eigenvalue weighted by Gasteiger charge is -2.35. The van der Waals surface area contributed by atoms with Gasteiger partial charge in [0.25, 0.3) is 0 Å². The number of benzene rings is 1. The van der Waals surface area contributed by atoms with Gasteiger partial charge in [0.05, 0.1) is 5.02 Å². The maximum Gasteiger partial charge on any atom is 0.226 e. The Hall–Kier alpha value is -1.30. The third-order valence-electron chi connectivity index (χ3n) is 3.96. The Bertz CT molecular complexity index is 490. The van der Waals surface area contributed by atoms with Crippen molar-refractivity contribution in [2.75, 3.05) is 45.9 Å². The Balaban J connectivity index is 1.70. The molecule has 122 valence electrons. The van der Waals surface area contributed by atoms with Gasteiger partial charge in [0.15, 0.2) is 0 Å². The fraction of sp³-hybridized carbons (Fsp3) is 0.562. The van der Waals surface area contributed by atoms with Crippen LogP contribution in [-0.4, -0.2) is 61.6 Å². The zero-order valence-corrected chi connectivity index (χ0v) is 13.8. The second-order valence-electron chi connectivity index (χ2n) is 5.58. The second kappa shape index (κ2) is 8.36. The van der Waals surface area contributed by atoms with Crippen LogP contribution < -0.4 is 10.5 Å². The maximum absolute atomic E-state index is 12.1. The standard InChI is InChI=1S/C16H24ClN3O2/c1-13(12-18)16(21)20-8-6-19(7-9-20)10-11-22-15-5-3-2-4-14(15)17/h2-5,13H,6-12,18H2,1H3. The number of hydrogen-bond donors (Lipinski definition) is 1. The summed E-state index contributed by atoms with van der Waals surface area (Å²) in [7, 11) is 0. The average molecular weight is 326 g/mol. The van der Waals surface area contributed by atoms with Crippen molar-refractivity contribution in [3.05, 3.63) is 29.3 Å². The van der Waals surface area contributed by atoms with Gasteiger partial charge in [-0.05, 0) is 12.1 Å². The van der Waals surface area contributed by atoms with Crippen molar-refractivity contribution in [2.45, 2.75) is 6.92 Å². The molecule has 1 unspecified atom stereocenters. The van der Waals surface area contributed by atoms with E-state index in [0.29, 0.717) is 18.2 Å². The van der Waals surface area contributed by atoms with Gasteiger partial charge >= 0.3 is 0 Å². The van der Waals surface area contributed by atoms with Gasteiger partial charge in [-0.2, -0.15) is 0 Å². The third-order valence-corrected chi connectivity index (χ3v) is 4.27. The summed E-state index contributed by atoms with van der Waals surface area (Å²) in [6, 6.07) is 7.48. The van der Waals surface area contributed by atoms with Crippen LogP contribution in [0, 0.1) is 5.92 Å². The van der Waals surface area contributed by atoms with E-state index in [1.165, 1.54) is 0 Å². The van der Waals surface area contributed by atoms with Gasteiger partial charge in [0.1, 0.15) is 12.4 Å². The normalized spacial score (nSPS) is 17.3. The van der Waals surface area contributed by atoms with E-state index in [-0.39, 0.29) is 11.8 Å². The molecule has 1 heterocycles. The molecule has 1 aliphatic heterocycles. The first-order valence-electron chi connectivity index (χ1n) is 7.70. The summed E-state index contributed by atoms with van der Waals surface area (Å²) >= 11 is 6.05. The molecule has 0 aliphatic carbocycles. The molecule has 6 heteroatoms. The average Bonchev–Trinajstić information content (AvgIpc) is 2.56. The SMILES string of the molecule is CC(CN)C(=O)N1CCN(CCOc2ccccc2Cl)CC1. The zero-order chi connectivity index (χ0) is 15.9. The van der Waals surface area contributed by atoms with Crippen LogP contribution in [0.5, 0.6) is 5.75 Å². The minimum absolute atomic E-state index is 0.0879. The van der Waals surface area contributed by atoms with E-state index >= 15 is 0 Å². The molecule has 0 spiro atoms. The maximum atomic E-state index is 12.1. The highest BCUT2D eigenvalue weighted by Crippen LogP contribution is 2.22. The number of para-hydroxylation sites is 1. The summed E-state index contributed by atoms with van der Waals surface area (Å²) in [4.78, 5) is 16.3. The van der Waals surface area contributed by atoms with Crippen molar-refractivity contribution < 1.29 is 9.53 Å². The molecule has 22 heavy (non-hydrogen) atoms. The van der Waals surface area contributed by atoms with Crippen molar-refractivity contribution in [3.8, 4) is 5.75 Å². The van der Waals surface area contributed by atoms with Crippen molar-refractivity contribution in [1.29, 1.82) is 0 Å². The minimum atomic E-state index is -0.0879. The number of hydrogen-bond acceptors (Lipinski definition) is 4. The van der Waals surface area contributed by atoms with Crippen LogP contribution >= 0.6 is 11.6 Å². The van der Waals surface area contributed by atoms with Gasteiger partial charge in [-0.15, -0.1) is 0 Å². The molecule has 1 aromatic carbocycles. The van der Waals surface area contributed by atoms with E-state index in [2.05, 4.69) is 4.90 Å². The van der Waals surface area contributed by atoms with Gasteiger partial charge in [0, 0.05) is 45.2 Å². The lowest BCUT2D eigenvalue weighted by molar-refractivity contribution is -0.136. The Morgan fingerprint density at radius 3 is 2.64 bits per heavy atom. The van der Waals surface area contributed by atoms with Crippen LogP contribution in [0.4, 0.5) is 0 Å². The molecule has 1 amide bonds. The lowest BCUT2D eigenvalue weighted by Crippen LogP contribution is -2.51. The first-order chi connectivity index (χ1) is 10.6. The summed E-state index contributed by atoms with van der Waals surface area (Å²) in [5, 5.41) is 0.633. The smallest absolute Gasteiger partial charge is 0.226 e. The highest BCUT2D eigenvalue weighted by atomic mass is 35.5. The van der Waals surface area contributed by atoms with E-state index in [4.69, 9.17) is 22.1 Å². The quantitative estimate of drug-likeness (QED) is 0.860. The summed E-state index contributed by atoms with van der Waals surface area (Å²) < 4.78 is 5.70. The fourth-order valence-electron chi connectivity index (χ4n) is 2.45. The molecule has 1 saturated heterocycles. The van der Waals surface area contributed by atoms with E-state index in [9.17, 15) is 4.79 Å². The summed E-state index contributed by atoms with van der Waals surface area (Å²) in [5.41, 5.74) is 5.55. The predicted octanol–water partition coefficient (Wildman–Crippen LogP) is 1.46. The van der Waals surface area contributed by atoms with Crippen molar-refractivity contribution in [3.63, 3.8) is 0 Å². The van der Waals surface area contributed by atoms with Crippen LogP contribution in [0.1, 0.15) is 6.92 Å². The van der Waals surface area contributed by atoms with Crippen molar-refractivity contribution in [1.82, 2.24) is 9.80 Å². The molecule has 1 aromatic rings. The van der Waals surface area contributed by atoms with Crippen LogP contribution in [-0.2, 0) is 4.79 Å². The Morgan fingerprint density at radius 2 is 2.00 bits per heavy atom. The highest BCUT2D eigenvalue weighted by Gasteiger charge is 2.23. The number of nitrogens with zero attached hydrogens (tertiary/aromatic N) is 2. The molecule has 1 aliphatic rings. The van der Waals surface area contributed by atoms with Gasteiger partial charge in [-0.25, -0.2) is 0 Å². The summed E-state index contributed by atoms with van der Waals surface area (Å²) in [6.45, 7) is 6.97. The number of carbonyl (C=O) groups is 1. The van der Waals surface area contributed by atoms with E-state index in [1.54, 1.807) is 0 Å². The largest absolute Gasteiger partial charge is 0.491 e. The number of amides is 1. The first-order valence-corrected chi connectivity index (χ1v) is 8.08.